The predicted octanol–water partition coefficient (Wildman–Crippen LogP) is 4.67. The van der Waals surface area contributed by atoms with E-state index in [1.165, 1.54) is 0 Å². The second-order valence-electron chi connectivity index (χ2n) is 9.22. The number of ether oxygens (including phenoxy) is 2. The van der Waals surface area contributed by atoms with Gasteiger partial charge in [-0.1, -0.05) is 37.6 Å². The third-order valence-electron chi connectivity index (χ3n) is 6.07. The van der Waals surface area contributed by atoms with E-state index in [4.69, 9.17) is 21.1 Å². The summed E-state index contributed by atoms with van der Waals surface area (Å²) < 4.78 is 11.2. The number of allylic oxidation sites excluding steroid dienone is 3. The van der Waals surface area contributed by atoms with Gasteiger partial charge in [0.1, 0.15) is 6.61 Å². The van der Waals surface area contributed by atoms with Gasteiger partial charge in [0.15, 0.2) is 5.78 Å². The largest absolute Gasteiger partial charge is 0.459 e. The standard InChI is InChI=1S/C24H28ClNO4/c1-14-20(23(28)30-13-17-8-5-9-29-17)21(15-6-4-7-16(25)10-15)22-18(26-14)11-24(2,3)12-19(22)27/h4,6-7,10,17,21,26H,5,8-9,11-13H2,1-3H3/t17-,21-/m1/s1. The van der Waals surface area contributed by atoms with Crippen molar-refractivity contribution in [1.29, 1.82) is 0 Å². The van der Waals surface area contributed by atoms with E-state index in [0.29, 0.717) is 29.2 Å². The van der Waals surface area contributed by atoms with E-state index in [9.17, 15) is 9.59 Å². The van der Waals surface area contributed by atoms with E-state index in [1.54, 1.807) is 6.07 Å². The molecule has 30 heavy (non-hydrogen) atoms. The Bertz CT molecular complexity index is 940. The fourth-order valence-electron chi connectivity index (χ4n) is 4.75. The van der Waals surface area contributed by atoms with E-state index >= 15 is 0 Å². The summed E-state index contributed by atoms with van der Waals surface area (Å²) in [5, 5.41) is 3.92. The summed E-state index contributed by atoms with van der Waals surface area (Å²) in [7, 11) is 0. The van der Waals surface area contributed by atoms with Crippen molar-refractivity contribution in [3.63, 3.8) is 0 Å². The van der Waals surface area contributed by atoms with Gasteiger partial charge in [-0.2, -0.15) is 0 Å². The molecule has 2 atom stereocenters. The third-order valence-corrected chi connectivity index (χ3v) is 6.30. The molecule has 4 rings (SSSR count). The number of ketones is 1. The summed E-state index contributed by atoms with van der Waals surface area (Å²) in [5.41, 5.74) is 3.46. The fraction of sp³-hybridized carbons (Fsp3) is 0.500. The van der Waals surface area contributed by atoms with Gasteiger partial charge in [-0.15, -0.1) is 0 Å². The Morgan fingerprint density at radius 2 is 2.13 bits per heavy atom. The number of esters is 1. The highest BCUT2D eigenvalue weighted by Gasteiger charge is 2.43. The molecular formula is C24H28ClNO4. The first-order valence-electron chi connectivity index (χ1n) is 10.5. The van der Waals surface area contributed by atoms with Gasteiger partial charge in [0.25, 0.3) is 0 Å². The van der Waals surface area contributed by atoms with Crippen LogP contribution in [0.5, 0.6) is 0 Å². The number of halogens is 1. The lowest BCUT2D eigenvalue weighted by Gasteiger charge is -2.39. The molecule has 2 heterocycles. The predicted molar refractivity (Wildman–Crippen MR) is 115 cm³/mol. The molecule has 1 aliphatic carbocycles. The minimum Gasteiger partial charge on any atom is -0.459 e. The second kappa shape index (κ2) is 8.20. The zero-order chi connectivity index (χ0) is 21.5. The molecule has 1 fully saturated rings. The highest BCUT2D eigenvalue weighted by Crippen LogP contribution is 2.47. The van der Waals surface area contributed by atoms with Gasteiger partial charge in [0, 0.05) is 40.9 Å². The van der Waals surface area contributed by atoms with Crippen LogP contribution in [-0.4, -0.2) is 31.1 Å². The van der Waals surface area contributed by atoms with Gasteiger partial charge in [0.05, 0.1) is 11.7 Å². The van der Waals surface area contributed by atoms with Crippen LogP contribution in [-0.2, 0) is 19.1 Å². The van der Waals surface area contributed by atoms with Crippen LogP contribution in [0, 0.1) is 5.41 Å². The van der Waals surface area contributed by atoms with Crippen LogP contribution in [0.2, 0.25) is 5.02 Å². The van der Waals surface area contributed by atoms with E-state index in [2.05, 4.69) is 19.2 Å². The maximum atomic E-state index is 13.2. The molecule has 1 aromatic carbocycles. The lowest BCUT2D eigenvalue weighted by atomic mass is 9.68. The van der Waals surface area contributed by atoms with Gasteiger partial charge in [0.2, 0.25) is 0 Å². The number of benzene rings is 1. The number of rotatable bonds is 4. The highest BCUT2D eigenvalue weighted by molar-refractivity contribution is 6.30. The van der Waals surface area contributed by atoms with E-state index in [-0.39, 0.29) is 23.9 Å². The van der Waals surface area contributed by atoms with Gasteiger partial charge in [-0.25, -0.2) is 4.79 Å². The quantitative estimate of drug-likeness (QED) is 0.705. The number of carbonyl (C=O) groups is 2. The first kappa shape index (κ1) is 21.1. The van der Waals surface area contributed by atoms with Crippen molar-refractivity contribution in [3.05, 3.63) is 57.4 Å². The highest BCUT2D eigenvalue weighted by atomic mass is 35.5. The zero-order valence-electron chi connectivity index (χ0n) is 17.7. The average Bonchev–Trinajstić information content (AvgIpc) is 3.17. The van der Waals surface area contributed by atoms with Crippen LogP contribution in [0.1, 0.15) is 57.9 Å². The van der Waals surface area contributed by atoms with Crippen molar-refractivity contribution >= 4 is 23.4 Å². The van der Waals surface area contributed by atoms with Crippen LogP contribution in [0.4, 0.5) is 0 Å². The Kier molecular flexibility index (Phi) is 5.78. The molecule has 160 valence electrons. The van der Waals surface area contributed by atoms with Crippen LogP contribution < -0.4 is 5.32 Å². The SMILES string of the molecule is CC1=C(C(=O)OC[C@H]2CCCO2)[C@@H](c2cccc(Cl)c2)C2=C(CC(C)(C)CC2=O)N1. The number of hydrogen-bond acceptors (Lipinski definition) is 5. The van der Waals surface area contributed by atoms with Crippen molar-refractivity contribution < 1.29 is 19.1 Å². The smallest absolute Gasteiger partial charge is 0.336 e. The summed E-state index contributed by atoms with van der Waals surface area (Å²) >= 11 is 6.27. The van der Waals surface area contributed by atoms with Crippen LogP contribution >= 0.6 is 11.6 Å². The molecule has 0 radical (unpaired) electrons. The minimum atomic E-state index is -0.486. The Balaban J connectivity index is 1.72. The lowest BCUT2D eigenvalue weighted by Crippen LogP contribution is -2.39. The normalized spacial score (nSPS) is 25.8. The Hall–Kier alpha value is -2.11. The number of Topliss-reactive ketones (excluding diaryl/α,β-unsaturated/α-hetero) is 1. The molecule has 5 nitrogen and oxygen atoms in total. The summed E-state index contributed by atoms with van der Waals surface area (Å²) in [6.07, 6.45) is 3.02. The number of dihydropyridines is 1. The van der Waals surface area contributed by atoms with E-state index in [0.717, 1.165) is 36.2 Å². The number of carbonyl (C=O) groups excluding carboxylic acids is 2. The van der Waals surface area contributed by atoms with Gasteiger partial charge >= 0.3 is 5.97 Å². The summed E-state index contributed by atoms with van der Waals surface area (Å²) in [4.78, 5) is 26.4. The van der Waals surface area contributed by atoms with Crippen molar-refractivity contribution in [3.8, 4) is 0 Å². The number of nitrogens with one attached hydrogen (secondary N) is 1. The Morgan fingerprint density at radius 3 is 2.83 bits per heavy atom. The topological polar surface area (TPSA) is 64.6 Å². The molecule has 0 aromatic heterocycles. The average molecular weight is 430 g/mol. The third kappa shape index (κ3) is 4.19. The fourth-order valence-corrected chi connectivity index (χ4v) is 4.95. The monoisotopic (exact) mass is 429 g/mol. The number of hydrogen-bond donors (Lipinski definition) is 1. The van der Waals surface area contributed by atoms with Crippen molar-refractivity contribution in [2.45, 2.75) is 58.5 Å². The summed E-state index contributed by atoms with van der Waals surface area (Å²) in [6, 6.07) is 7.39. The van der Waals surface area contributed by atoms with Crippen LogP contribution in [0.15, 0.2) is 46.8 Å². The molecule has 0 amide bonds. The molecule has 0 bridgehead atoms. The van der Waals surface area contributed by atoms with Crippen molar-refractivity contribution in [1.82, 2.24) is 5.32 Å². The second-order valence-corrected chi connectivity index (χ2v) is 9.65. The molecular weight excluding hydrogens is 402 g/mol. The zero-order valence-corrected chi connectivity index (χ0v) is 18.5. The van der Waals surface area contributed by atoms with Gasteiger partial charge in [-0.05, 0) is 49.3 Å². The van der Waals surface area contributed by atoms with Crippen molar-refractivity contribution in [2.75, 3.05) is 13.2 Å². The lowest BCUT2D eigenvalue weighted by molar-refractivity contribution is -0.142. The van der Waals surface area contributed by atoms with E-state index in [1.807, 2.05) is 25.1 Å². The van der Waals surface area contributed by atoms with E-state index < -0.39 is 11.9 Å². The molecule has 0 spiro atoms. The minimum absolute atomic E-state index is 0.0529. The molecule has 3 aliphatic rings. The molecule has 1 N–H and O–H groups in total. The van der Waals surface area contributed by atoms with Crippen molar-refractivity contribution in [2.24, 2.45) is 5.41 Å². The Labute approximate surface area is 182 Å². The van der Waals surface area contributed by atoms with Crippen LogP contribution in [0.25, 0.3) is 0 Å². The summed E-state index contributed by atoms with van der Waals surface area (Å²) in [6.45, 7) is 6.99. The molecule has 6 heteroatoms. The molecule has 0 saturated carbocycles. The first-order valence-corrected chi connectivity index (χ1v) is 10.9. The maximum Gasteiger partial charge on any atom is 0.336 e. The molecule has 1 saturated heterocycles. The molecule has 1 aromatic rings. The Morgan fingerprint density at radius 1 is 1.33 bits per heavy atom. The molecule has 2 aliphatic heterocycles. The van der Waals surface area contributed by atoms with Gasteiger partial charge in [-0.3, -0.25) is 4.79 Å². The summed E-state index contributed by atoms with van der Waals surface area (Å²) in [5.74, 6) is -0.833. The van der Waals surface area contributed by atoms with Gasteiger partial charge < -0.3 is 14.8 Å². The first-order chi connectivity index (χ1) is 14.2. The molecule has 0 unspecified atom stereocenters. The van der Waals surface area contributed by atoms with Crippen LogP contribution in [0.3, 0.4) is 0 Å². The maximum absolute atomic E-state index is 13.2.